The summed E-state index contributed by atoms with van der Waals surface area (Å²) >= 11 is 6.02. The molecule has 12 heteroatoms. The predicted octanol–water partition coefficient (Wildman–Crippen LogP) is 3.63. The normalized spacial score (nSPS) is 14.7. The summed E-state index contributed by atoms with van der Waals surface area (Å²) in [5, 5.41) is 24.8. The van der Waals surface area contributed by atoms with Gasteiger partial charge in [-0.2, -0.15) is 10.2 Å². The van der Waals surface area contributed by atoms with E-state index in [2.05, 4.69) is 30.8 Å². The summed E-state index contributed by atoms with van der Waals surface area (Å²) < 4.78 is 17.7. The van der Waals surface area contributed by atoms with Crippen molar-refractivity contribution < 1.29 is 14.3 Å². The molecule has 0 radical (unpaired) electrons. The summed E-state index contributed by atoms with van der Waals surface area (Å²) in [7, 11) is 0. The molecule has 0 bridgehead atoms. The van der Waals surface area contributed by atoms with E-state index in [-0.39, 0.29) is 12.1 Å². The Labute approximate surface area is 211 Å². The molecule has 1 fully saturated rings. The average Bonchev–Trinajstić information content (AvgIpc) is 3.38. The number of hydrogen-bond donors (Lipinski definition) is 3. The third kappa shape index (κ3) is 5.31. The van der Waals surface area contributed by atoms with E-state index in [4.69, 9.17) is 11.6 Å². The first kappa shape index (κ1) is 24.1. The number of pyridine rings is 1. The maximum Gasteiger partial charge on any atom is 0.255 e. The highest BCUT2D eigenvalue weighted by molar-refractivity contribution is 6.30. The number of nitrogens with one attached hydrogen (secondary N) is 2. The van der Waals surface area contributed by atoms with Crippen LogP contribution in [-0.4, -0.2) is 58.7 Å². The topological polar surface area (TPSA) is 122 Å². The molecular weight excluding hydrogens is 487 g/mol. The Hall–Kier alpha value is -3.57. The molecule has 3 N–H and O–H groups in total. The lowest BCUT2D eigenvalue weighted by molar-refractivity contribution is -0.00177. The zero-order valence-corrected chi connectivity index (χ0v) is 20.6. The van der Waals surface area contributed by atoms with Crippen LogP contribution in [-0.2, 0) is 6.54 Å². The number of halogens is 2. The molecular formula is C24H26ClFN8O2. The fraction of sp³-hybridized carbons (Fsp3) is 0.375. The van der Waals surface area contributed by atoms with Crippen molar-refractivity contribution in [1.82, 2.24) is 34.7 Å². The highest BCUT2D eigenvalue weighted by Gasteiger charge is 2.27. The number of hydrogen-bond acceptors (Lipinski definition) is 7. The van der Waals surface area contributed by atoms with Gasteiger partial charge in [0.1, 0.15) is 6.17 Å². The quantitative estimate of drug-likeness (QED) is 0.313. The first-order chi connectivity index (χ1) is 17.2. The third-order valence-corrected chi connectivity index (χ3v) is 6.21. The fourth-order valence-electron chi connectivity index (χ4n) is 3.70. The molecule has 4 heterocycles. The first-order valence-corrected chi connectivity index (χ1v) is 12.0. The lowest BCUT2D eigenvalue weighted by atomic mass is 10.0. The molecule has 10 nitrogen and oxygen atoms in total. The number of amides is 1. The molecule has 4 aromatic heterocycles. The van der Waals surface area contributed by atoms with Gasteiger partial charge < -0.3 is 15.7 Å². The summed E-state index contributed by atoms with van der Waals surface area (Å²) in [6, 6.07) is 1.71. The molecule has 0 aromatic carbocycles. The minimum absolute atomic E-state index is 0.212. The highest BCUT2D eigenvalue weighted by Crippen LogP contribution is 2.31. The summed E-state index contributed by atoms with van der Waals surface area (Å²) in [4.78, 5) is 21.8. The molecule has 0 aliphatic heterocycles. The minimum Gasteiger partial charge on any atom is -0.387 e. The van der Waals surface area contributed by atoms with Gasteiger partial charge in [0.15, 0.2) is 5.65 Å². The number of fused-ring (bicyclic) bond motifs is 1. The number of carbonyl (C=O) groups is 1. The van der Waals surface area contributed by atoms with Crippen molar-refractivity contribution in [3.63, 3.8) is 0 Å². The van der Waals surface area contributed by atoms with Crippen LogP contribution >= 0.6 is 11.6 Å². The van der Waals surface area contributed by atoms with Crippen LogP contribution in [0.5, 0.6) is 0 Å². The van der Waals surface area contributed by atoms with Crippen molar-refractivity contribution in [2.24, 2.45) is 5.92 Å². The van der Waals surface area contributed by atoms with Crippen LogP contribution in [0, 0.1) is 5.92 Å². The van der Waals surface area contributed by atoms with Crippen LogP contribution in [0.3, 0.4) is 0 Å². The molecule has 1 saturated carbocycles. The van der Waals surface area contributed by atoms with Gasteiger partial charge >= 0.3 is 0 Å². The monoisotopic (exact) mass is 512 g/mol. The molecule has 1 atom stereocenters. The van der Waals surface area contributed by atoms with E-state index in [1.807, 2.05) is 10.9 Å². The van der Waals surface area contributed by atoms with E-state index in [1.165, 1.54) is 39.1 Å². The second-order valence-electron chi connectivity index (χ2n) is 9.56. The molecule has 4 aromatic rings. The van der Waals surface area contributed by atoms with Crippen molar-refractivity contribution in [2.75, 3.05) is 11.9 Å². The summed E-state index contributed by atoms with van der Waals surface area (Å²) in [6.45, 7) is 3.21. The Bertz CT molecular complexity index is 1410. The predicted molar refractivity (Wildman–Crippen MR) is 133 cm³/mol. The van der Waals surface area contributed by atoms with Gasteiger partial charge in [-0.05, 0) is 38.7 Å². The van der Waals surface area contributed by atoms with E-state index in [0.29, 0.717) is 39.2 Å². The third-order valence-electron chi connectivity index (χ3n) is 6.01. The Morgan fingerprint density at radius 1 is 1.22 bits per heavy atom. The smallest absolute Gasteiger partial charge is 0.255 e. The minimum atomic E-state index is -1.64. The Kier molecular flexibility index (Phi) is 6.35. The van der Waals surface area contributed by atoms with Gasteiger partial charge in [0.2, 0.25) is 0 Å². The summed E-state index contributed by atoms with van der Waals surface area (Å²) in [5.74, 6) is 0.131. The van der Waals surface area contributed by atoms with Crippen LogP contribution < -0.4 is 10.6 Å². The van der Waals surface area contributed by atoms with Crippen LogP contribution in [0.4, 0.5) is 15.8 Å². The summed E-state index contributed by atoms with van der Waals surface area (Å²) in [5.41, 5.74) is 1.52. The number of anilines is 2. The maximum absolute atomic E-state index is 14.2. The zero-order valence-electron chi connectivity index (χ0n) is 19.8. The van der Waals surface area contributed by atoms with E-state index in [9.17, 15) is 14.3 Å². The lowest BCUT2D eigenvalue weighted by Gasteiger charge is -2.22. The molecule has 0 spiro atoms. The fourth-order valence-corrected chi connectivity index (χ4v) is 3.84. The van der Waals surface area contributed by atoms with Gasteiger partial charge in [-0.15, -0.1) is 0 Å². The number of carbonyl (C=O) groups excluding carboxylic acids is 1. The van der Waals surface area contributed by atoms with Crippen LogP contribution in [0.1, 0.15) is 37.0 Å². The number of aliphatic hydroxyl groups is 1. The van der Waals surface area contributed by atoms with E-state index in [0.717, 1.165) is 6.54 Å². The van der Waals surface area contributed by atoms with Gasteiger partial charge in [-0.25, -0.2) is 13.9 Å². The number of aromatic nitrogens is 6. The number of rotatable bonds is 9. The van der Waals surface area contributed by atoms with Crippen molar-refractivity contribution in [3.8, 4) is 11.3 Å². The molecule has 1 aliphatic carbocycles. The molecule has 0 unspecified atom stereocenters. The van der Waals surface area contributed by atoms with E-state index in [1.54, 1.807) is 29.2 Å². The standard InChI is InChI=1S/C24H26ClFN8O2/c1-24(2,36)21(26)10-29-23(35)18-8-27-19(17-9-31-34-12-15(25)6-28-22(17)34)5-20(18)32-16-7-30-33(13-16)11-14-3-4-14/h5-9,12-14,21,36H,3-4,10-11H2,1-2H3,(H,27,32)(H,29,35)/t21-/m1/s1. The van der Waals surface area contributed by atoms with Gasteiger partial charge in [0, 0.05) is 25.1 Å². The van der Waals surface area contributed by atoms with Crippen LogP contribution in [0.25, 0.3) is 16.9 Å². The summed E-state index contributed by atoms with van der Waals surface area (Å²) in [6.07, 6.45) is 10.5. The number of alkyl halides is 1. The van der Waals surface area contributed by atoms with Crippen LogP contribution in [0.2, 0.25) is 5.02 Å². The van der Waals surface area contributed by atoms with Crippen molar-refractivity contribution in [2.45, 2.75) is 45.0 Å². The second-order valence-corrected chi connectivity index (χ2v) is 10.0. The largest absolute Gasteiger partial charge is 0.387 e. The zero-order chi connectivity index (χ0) is 25.4. The van der Waals surface area contributed by atoms with E-state index < -0.39 is 17.7 Å². The van der Waals surface area contributed by atoms with E-state index >= 15 is 0 Å². The molecule has 1 aliphatic rings. The SMILES string of the molecule is CC(C)(O)[C@H](F)CNC(=O)c1cnc(-c2cnn3cc(Cl)cnc23)cc1Nc1cnn(CC2CC2)c1. The molecule has 188 valence electrons. The van der Waals surface area contributed by atoms with Crippen LogP contribution in [0.15, 0.2) is 43.2 Å². The van der Waals surface area contributed by atoms with Gasteiger partial charge in [-0.1, -0.05) is 11.6 Å². The van der Waals surface area contributed by atoms with Gasteiger partial charge in [-0.3, -0.25) is 14.5 Å². The highest BCUT2D eigenvalue weighted by atomic mass is 35.5. The Balaban J connectivity index is 1.46. The van der Waals surface area contributed by atoms with Crippen molar-refractivity contribution in [1.29, 1.82) is 0 Å². The molecule has 1 amide bonds. The van der Waals surface area contributed by atoms with Gasteiger partial charge in [0.25, 0.3) is 5.91 Å². The first-order valence-electron chi connectivity index (χ1n) is 11.6. The second kappa shape index (κ2) is 9.47. The maximum atomic E-state index is 14.2. The Morgan fingerprint density at radius 2 is 2.03 bits per heavy atom. The molecule has 0 saturated heterocycles. The van der Waals surface area contributed by atoms with Gasteiger partial charge in [0.05, 0.1) is 64.0 Å². The molecule has 5 rings (SSSR count). The Morgan fingerprint density at radius 3 is 2.78 bits per heavy atom. The lowest BCUT2D eigenvalue weighted by Crippen LogP contribution is -2.42. The average molecular weight is 513 g/mol. The molecule has 36 heavy (non-hydrogen) atoms. The number of nitrogens with zero attached hydrogens (tertiary/aromatic N) is 6. The van der Waals surface area contributed by atoms with Crippen molar-refractivity contribution >= 4 is 34.5 Å². The van der Waals surface area contributed by atoms with Crippen molar-refractivity contribution in [3.05, 3.63) is 53.8 Å².